The van der Waals surface area contributed by atoms with Crippen LogP contribution in [0.2, 0.25) is 0 Å². The van der Waals surface area contributed by atoms with Crippen molar-refractivity contribution in [1.82, 2.24) is 0 Å². The zero-order valence-electron chi connectivity index (χ0n) is 9.00. The van der Waals surface area contributed by atoms with E-state index in [4.69, 9.17) is 0 Å². The predicted octanol–water partition coefficient (Wildman–Crippen LogP) is 4.01. The maximum Gasteiger partial charge on any atom is 0.0366 e. The lowest BCUT2D eigenvalue weighted by molar-refractivity contribution is 0.726. The van der Waals surface area contributed by atoms with Crippen LogP contribution in [0.3, 0.4) is 0 Å². The van der Waals surface area contributed by atoms with E-state index in [0.717, 1.165) is 0 Å². The zero-order chi connectivity index (χ0) is 9.80. The number of hydrogen-bond acceptors (Lipinski definition) is 1. The number of anilines is 1. The van der Waals surface area contributed by atoms with Crippen molar-refractivity contribution in [3.8, 4) is 0 Å². The van der Waals surface area contributed by atoms with Gasteiger partial charge in [0.2, 0.25) is 0 Å². The van der Waals surface area contributed by atoms with Crippen LogP contribution >= 0.6 is 0 Å². The summed E-state index contributed by atoms with van der Waals surface area (Å²) in [6.07, 6.45) is 5.52. The molecule has 0 amide bonds. The van der Waals surface area contributed by atoms with Crippen LogP contribution in [-0.2, 0) is 0 Å². The van der Waals surface area contributed by atoms with Gasteiger partial charge in [0.15, 0.2) is 0 Å². The highest BCUT2D eigenvalue weighted by atomic mass is 15.1. The summed E-state index contributed by atoms with van der Waals surface area (Å²) >= 11 is 0. The fourth-order valence-electron chi connectivity index (χ4n) is 2.08. The van der Waals surface area contributed by atoms with Crippen LogP contribution in [0.1, 0.15) is 38.7 Å². The summed E-state index contributed by atoms with van der Waals surface area (Å²) in [5.74, 6) is 0. The quantitative estimate of drug-likeness (QED) is 0.669. The lowest BCUT2D eigenvalue weighted by Gasteiger charge is -2.22. The molecule has 0 N–H and O–H groups in total. The topological polar surface area (TPSA) is 3.24 Å². The number of rotatable bonds is 1. The molecule has 1 heteroatoms. The molecule has 0 spiro atoms. The fourth-order valence-corrected chi connectivity index (χ4v) is 2.08. The highest BCUT2D eigenvalue weighted by Crippen LogP contribution is 2.19. The van der Waals surface area contributed by atoms with Gasteiger partial charge < -0.3 is 4.90 Å². The molecule has 1 saturated heterocycles. The van der Waals surface area contributed by atoms with E-state index in [2.05, 4.69) is 36.1 Å². The fraction of sp³-hybridized carbons (Fsp3) is 0.571. The summed E-state index contributed by atoms with van der Waals surface area (Å²) in [5.41, 5.74) is 2.75. The molecule has 84 valence electrons. The Morgan fingerprint density at radius 2 is 1.40 bits per heavy atom. The number of aryl methyl sites for hydroxylation is 1. The van der Waals surface area contributed by atoms with Gasteiger partial charge in [-0.1, -0.05) is 38.0 Å². The van der Waals surface area contributed by atoms with Gasteiger partial charge >= 0.3 is 0 Å². The minimum atomic E-state index is 0. The Bertz CT molecular complexity index is 268. The van der Waals surface area contributed by atoms with E-state index in [-0.39, 0.29) is 7.43 Å². The van der Waals surface area contributed by atoms with Crippen LogP contribution in [-0.4, -0.2) is 13.1 Å². The van der Waals surface area contributed by atoms with Gasteiger partial charge in [-0.25, -0.2) is 0 Å². The van der Waals surface area contributed by atoms with E-state index >= 15 is 0 Å². The molecule has 0 aliphatic carbocycles. The normalized spacial score (nSPS) is 16.7. The summed E-state index contributed by atoms with van der Waals surface area (Å²) in [7, 11) is 0. The SMILES string of the molecule is C.Cc1ccc(N2CCCCCC2)cc1. The maximum absolute atomic E-state index is 2.52. The van der Waals surface area contributed by atoms with E-state index in [9.17, 15) is 0 Å². The molecule has 1 aliphatic heterocycles. The Kier molecular flexibility index (Phi) is 4.67. The Hall–Kier alpha value is -0.980. The second-order valence-corrected chi connectivity index (χ2v) is 4.24. The van der Waals surface area contributed by atoms with Gasteiger partial charge in [0.1, 0.15) is 0 Å². The summed E-state index contributed by atoms with van der Waals surface area (Å²) in [5, 5.41) is 0. The highest BCUT2D eigenvalue weighted by molar-refractivity contribution is 5.47. The zero-order valence-corrected chi connectivity index (χ0v) is 9.00. The van der Waals surface area contributed by atoms with Crippen molar-refractivity contribution in [2.24, 2.45) is 0 Å². The van der Waals surface area contributed by atoms with Crippen LogP contribution < -0.4 is 4.90 Å². The standard InChI is InChI=1S/C13H19N.CH4/c1-12-6-8-13(9-7-12)14-10-4-2-3-5-11-14;/h6-9H,2-5,10-11H2,1H3;1H4. The Balaban J connectivity index is 0.00000112. The van der Waals surface area contributed by atoms with Crippen molar-refractivity contribution in [2.75, 3.05) is 18.0 Å². The largest absolute Gasteiger partial charge is 0.372 e. The summed E-state index contributed by atoms with van der Waals surface area (Å²) in [6.45, 7) is 4.62. The molecule has 1 aromatic carbocycles. The Morgan fingerprint density at radius 3 is 1.93 bits per heavy atom. The summed E-state index contributed by atoms with van der Waals surface area (Å²) in [6, 6.07) is 8.92. The van der Waals surface area contributed by atoms with Gasteiger partial charge in [-0.2, -0.15) is 0 Å². The van der Waals surface area contributed by atoms with Crippen molar-refractivity contribution >= 4 is 5.69 Å². The molecule has 1 heterocycles. The van der Waals surface area contributed by atoms with Crippen molar-refractivity contribution in [3.05, 3.63) is 29.8 Å². The van der Waals surface area contributed by atoms with Crippen molar-refractivity contribution in [2.45, 2.75) is 40.0 Å². The number of hydrogen-bond donors (Lipinski definition) is 0. The van der Waals surface area contributed by atoms with Crippen LogP contribution in [0, 0.1) is 6.92 Å². The first kappa shape index (κ1) is 12.1. The van der Waals surface area contributed by atoms with Gasteiger partial charge in [0.25, 0.3) is 0 Å². The van der Waals surface area contributed by atoms with Gasteiger partial charge in [0, 0.05) is 18.8 Å². The number of nitrogens with zero attached hydrogens (tertiary/aromatic N) is 1. The molecule has 1 aromatic rings. The second-order valence-electron chi connectivity index (χ2n) is 4.24. The lowest BCUT2D eigenvalue weighted by atomic mass is 10.2. The van der Waals surface area contributed by atoms with Gasteiger partial charge in [-0.05, 0) is 31.9 Å². The Morgan fingerprint density at radius 1 is 0.867 bits per heavy atom. The monoisotopic (exact) mass is 205 g/mol. The molecule has 0 radical (unpaired) electrons. The maximum atomic E-state index is 2.52. The molecule has 0 bridgehead atoms. The van der Waals surface area contributed by atoms with Crippen LogP contribution in [0.25, 0.3) is 0 Å². The van der Waals surface area contributed by atoms with Crippen molar-refractivity contribution < 1.29 is 0 Å². The molecule has 1 nitrogen and oxygen atoms in total. The second kappa shape index (κ2) is 5.79. The van der Waals surface area contributed by atoms with Crippen LogP contribution in [0.5, 0.6) is 0 Å². The Labute approximate surface area is 94.1 Å². The first-order valence-electron chi connectivity index (χ1n) is 5.68. The third-order valence-corrected chi connectivity index (χ3v) is 3.01. The lowest BCUT2D eigenvalue weighted by Crippen LogP contribution is -2.23. The number of benzene rings is 1. The van der Waals surface area contributed by atoms with E-state index in [1.54, 1.807) is 0 Å². The average molecular weight is 205 g/mol. The molecule has 0 aromatic heterocycles. The van der Waals surface area contributed by atoms with E-state index in [1.165, 1.54) is 50.0 Å². The van der Waals surface area contributed by atoms with E-state index in [0.29, 0.717) is 0 Å². The molecule has 0 saturated carbocycles. The van der Waals surface area contributed by atoms with Crippen LogP contribution in [0.15, 0.2) is 24.3 Å². The molecule has 1 aliphatic rings. The first-order chi connectivity index (χ1) is 6.86. The molecule has 15 heavy (non-hydrogen) atoms. The molecular weight excluding hydrogens is 182 g/mol. The molecule has 1 fully saturated rings. The minimum absolute atomic E-state index is 0. The molecule has 0 atom stereocenters. The molecule has 2 rings (SSSR count). The van der Waals surface area contributed by atoms with E-state index in [1.807, 2.05) is 0 Å². The summed E-state index contributed by atoms with van der Waals surface area (Å²) < 4.78 is 0. The third-order valence-electron chi connectivity index (χ3n) is 3.01. The summed E-state index contributed by atoms with van der Waals surface area (Å²) in [4.78, 5) is 2.52. The van der Waals surface area contributed by atoms with Crippen molar-refractivity contribution in [1.29, 1.82) is 0 Å². The van der Waals surface area contributed by atoms with Crippen molar-refractivity contribution in [3.63, 3.8) is 0 Å². The van der Waals surface area contributed by atoms with Gasteiger partial charge in [0.05, 0.1) is 0 Å². The predicted molar refractivity (Wildman–Crippen MR) is 68.6 cm³/mol. The molecular formula is C14H23N. The molecule has 0 unspecified atom stereocenters. The van der Waals surface area contributed by atoms with Crippen LogP contribution in [0.4, 0.5) is 5.69 Å². The minimum Gasteiger partial charge on any atom is -0.372 e. The smallest absolute Gasteiger partial charge is 0.0366 e. The average Bonchev–Trinajstić information content (AvgIpc) is 2.47. The third kappa shape index (κ3) is 3.26. The van der Waals surface area contributed by atoms with Gasteiger partial charge in [-0.15, -0.1) is 0 Å². The first-order valence-corrected chi connectivity index (χ1v) is 5.68. The van der Waals surface area contributed by atoms with Gasteiger partial charge in [-0.3, -0.25) is 0 Å². The van der Waals surface area contributed by atoms with E-state index < -0.39 is 0 Å². The highest BCUT2D eigenvalue weighted by Gasteiger charge is 2.08.